The Morgan fingerprint density at radius 1 is 1.20 bits per heavy atom. The second kappa shape index (κ2) is 11.6. The molecule has 21 heteroatoms. The van der Waals surface area contributed by atoms with E-state index in [1.807, 2.05) is 0 Å². The number of nitrogens with zero attached hydrogens (tertiary/aromatic N) is 6. The number of carbonyl (C=O) groups excluding carboxylic acids is 2. The molecule has 0 aromatic carbocycles. The molecule has 0 spiro atoms. The number of fused-ring (bicyclic) bond motifs is 1. The first-order valence-electron chi connectivity index (χ1n) is 13.3. The van der Waals surface area contributed by atoms with Gasteiger partial charge in [-0.3, -0.25) is 4.79 Å². The quantitative estimate of drug-likeness (QED) is 0.255. The number of amides is 3. The Kier molecular flexibility index (Phi) is 8.85. The van der Waals surface area contributed by atoms with Crippen molar-refractivity contribution in [2.75, 3.05) is 13.7 Å². The van der Waals surface area contributed by atoms with Crippen LogP contribution in [0.25, 0.3) is 5.65 Å². The van der Waals surface area contributed by atoms with Gasteiger partial charge < -0.3 is 20.3 Å². The van der Waals surface area contributed by atoms with Crippen LogP contribution < -0.4 is 10.6 Å². The van der Waals surface area contributed by atoms with E-state index in [1.54, 1.807) is 5.32 Å². The molecule has 0 saturated carbocycles. The second-order valence-electron chi connectivity index (χ2n) is 11.4. The maximum atomic E-state index is 15.2. The summed E-state index contributed by atoms with van der Waals surface area (Å²) >= 11 is 0. The highest BCUT2D eigenvalue weighted by molar-refractivity contribution is 6.48. The zero-order valence-electron chi connectivity index (χ0n) is 24.5. The van der Waals surface area contributed by atoms with E-state index >= 15 is 8.78 Å². The van der Waals surface area contributed by atoms with E-state index in [0.29, 0.717) is 4.90 Å². The maximum absolute atomic E-state index is 15.2. The van der Waals surface area contributed by atoms with Gasteiger partial charge in [-0.05, 0) is 31.0 Å². The number of aromatic nitrogens is 5. The molecule has 2 N–H and O–H groups in total. The number of rotatable bonds is 10. The van der Waals surface area contributed by atoms with E-state index in [-0.39, 0.29) is 34.7 Å². The summed E-state index contributed by atoms with van der Waals surface area (Å²) in [5, 5.41) is 9.38. The minimum Gasteiger partial charge on any atom is -0.382 e. The van der Waals surface area contributed by atoms with Crippen LogP contribution in [0.15, 0.2) is 23.1 Å². The van der Waals surface area contributed by atoms with Gasteiger partial charge in [0.25, 0.3) is 11.8 Å². The third kappa shape index (κ3) is 6.14. The van der Waals surface area contributed by atoms with Gasteiger partial charge >= 0.3 is 12.2 Å². The first-order chi connectivity index (χ1) is 20.6. The van der Waals surface area contributed by atoms with Crippen molar-refractivity contribution in [3.05, 3.63) is 41.1 Å². The fourth-order valence-electron chi connectivity index (χ4n) is 4.71. The van der Waals surface area contributed by atoms with Crippen LogP contribution in [0.3, 0.4) is 0 Å². The summed E-state index contributed by atoms with van der Waals surface area (Å²) in [5.74, 6) is -5.03. The van der Waals surface area contributed by atoms with E-state index < -0.39 is 65.2 Å². The van der Waals surface area contributed by atoms with Crippen LogP contribution in [-0.4, -0.2) is 110 Å². The summed E-state index contributed by atoms with van der Waals surface area (Å²) in [6.45, 7) is 3.11. The minimum atomic E-state index is -4.54. The zero-order chi connectivity index (χ0) is 33.8. The molecule has 1 fully saturated rings. The van der Waals surface area contributed by atoms with E-state index in [4.69, 9.17) is 36.1 Å². The van der Waals surface area contributed by atoms with Crippen LogP contribution in [0.2, 0.25) is 0 Å². The largest absolute Gasteiger partial charge is 0.393 e. The van der Waals surface area contributed by atoms with E-state index in [2.05, 4.69) is 30.3 Å². The lowest BCUT2D eigenvalue weighted by atomic mass is 9.43. The fourth-order valence-corrected chi connectivity index (χ4v) is 4.71. The van der Waals surface area contributed by atoms with Crippen LogP contribution in [-0.2, 0) is 4.74 Å². The van der Waals surface area contributed by atoms with Crippen LogP contribution in [0.5, 0.6) is 0 Å². The van der Waals surface area contributed by atoms with E-state index in [9.17, 15) is 22.8 Å². The molecule has 4 rings (SSSR count). The van der Waals surface area contributed by atoms with Crippen LogP contribution in [0.4, 0.5) is 26.7 Å². The molecule has 232 valence electrons. The highest BCUT2D eigenvalue weighted by Crippen LogP contribution is 2.44. The molecule has 2 atom stereocenters. The number of hydrogen-bond donors (Lipinski definition) is 2. The number of imidazole rings is 1. The summed E-state index contributed by atoms with van der Waals surface area (Å²) in [6, 6.07) is -2.34. The molecular weight excluding hydrogens is 603 g/mol. The Morgan fingerprint density at radius 2 is 1.87 bits per heavy atom. The van der Waals surface area contributed by atoms with Crippen molar-refractivity contribution in [3.63, 3.8) is 0 Å². The number of carbonyl (C=O) groups is 2. The average Bonchev–Trinajstić information content (AvgIpc) is 3.54. The third-order valence-electron chi connectivity index (χ3n) is 7.69. The van der Waals surface area contributed by atoms with Crippen molar-refractivity contribution in [2.45, 2.75) is 68.5 Å². The number of urea groups is 1. The predicted octanol–water partition coefficient (Wildman–Crippen LogP) is 1.59. The zero-order valence-corrected chi connectivity index (χ0v) is 24.5. The number of aryl methyl sites for hydroxylation is 1. The maximum Gasteiger partial charge on any atom is 0.393 e. The van der Waals surface area contributed by atoms with Crippen LogP contribution >= 0.6 is 0 Å². The van der Waals surface area contributed by atoms with Crippen molar-refractivity contribution in [3.8, 4) is 0 Å². The summed E-state index contributed by atoms with van der Waals surface area (Å²) in [6.07, 6.45) is -2.60. The molecule has 0 aliphatic carbocycles. The molecule has 3 aromatic heterocycles. The topological polar surface area (TPSA) is 140 Å². The van der Waals surface area contributed by atoms with Gasteiger partial charge in [0.1, 0.15) is 5.69 Å². The number of halogens is 5. The highest BCUT2D eigenvalue weighted by atomic mass is 19.4. The Bertz CT molecular complexity index is 1580. The van der Waals surface area contributed by atoms with Gasteiger partial charge in [-0.25, -0.2) is 27.7 Å². The molecule has 4 heterocycles. The number of hydrogen-bond acceptors (Lipinski definition) is 8. The molecule has 1 saturated heterocycles. The summed E-state index contributed by atoms with van der Waals surface area (Å²) in [4.78, 5) is 30.7. The van der Waals surface area contributed by atoms with Gasteiger partial charge in [-0.2, -0.15) is 18.3 Å². The van der Waals surface area contributed by atoms with Gasteiger partial charge in [0.05, 0.1) is 73.6 Å². The Hall–Kier alpha value is -3.63. The Morgan fingerprint density at radius 3 is 2.44 bits per heavy atom. The summed E-state index contributed by atoms with van der Waals surface area (Å²) in [5.41, 5.74) is -1.89. The normalized spacial score (nSPS) is 19.2. The number of ether oxygens (including phenoxy) is 1. The molecular formula is C24H25B4F5N8O4. The van der Waals surface area contributed by atoms with Crippen molar-refractivity contribution in [1.82, 2.24) is 40.4 Å². The molecule has 1 aliphatic rings. The number of nitrogens with one attached hydrogen (secondary N) is 2. The van der Waals surface area contributed by atoms with Crippen molar-refractivity contribution in [1.29, 1.82) is 0 Å². The Labute approximate surface area is 259 Å². The highest BCUT2D eigenvalue weighted by Gasteiger charge is 2.64. The average molecular weight is 628 g/mol. The molecule has 45 heavy (non-hydrogen) atoms. The molecule has 12 nitrogen and oxygen atoms in total. The smallest absolute Gasteiger partial charge is 0.382 e. The molecule has 0 unspecified atom stereocenters. The summed E-state index contributed by atoms with van der Waals surface area (Å²) < 4.78 is 82.2. The number of alkyl halides is 5. The van der Waals surface area contributed by atoms with Gasteiger partial charge in [0, 0.05) is 23.3 Å². The van der Waals surface area contributed by atoms with Crippen molar-refractivity contribution in [2.24, 2.45) is 5.41 Å². The molecule has 1 aliphatic heterocycles. The SMILES string of the molecule is [B]C1([B])NC(=O)N([C@H](COC)c2cnn3cc([C@H](CCC(C)(C)C(F)(F)F)NC(=O)c4nonc4C)nc3c2)C([B])([B])C1(F)F. The molecule has 3 aromatic rings. The molecule has 3 amide bonds. The van der Waals surface area contributed by atoms with Gasteiger partial charge in [-0.1, -0.05) is 19.0 Å². The predicted molar refractivity (Wildman–Crippen MR) is 150 cm³/mol. The van der Waals surface area contributed by atoms with Crippen molar-refractivity contribution >= 4 is 49.0 Å². The second-order valence-corrected chi connectivity index (χ2v) is 11.4. The van der Waals surface area contributed by atoms with Gasteiger partial charge in [-0.15, -0.1) is 0 Å². The molecule has 8 radical (unpaired) electrons. The fraction of sp³-hybridized carbons (Fsp3) is 0.583. The first-order valence-corrected chi connectivity index (χ1v) is 13.3. The Balaban J connectivity index is 1.72. The number of methoxy groups -OCH3 is 1. The standard InChI is InChI=1S/C24H25B4F5N8O4/c1-11-17(39-45-38-11)18(42)36-13(5-6-20(2,3)24(31,32)33)14-9-40-16(35-14)7-12(8-34-40)15(10-44-4)41-19(43)37-22(25,26)21(29,30)23(41,27)28/h7-9,13,15H,5-6,10H2,1-4H3,(H,36,42)(H,37,43)/t13-,15+/m0/s1. The van der Waals surface area contributed by atoms with E-state index in [1.165, 1.54) is 37.0 Å². The van der Waals surface area contributed by atoms with Crippen LogP contribution in [0.1, 0.15) is 66.2 Å². The summed E-state index contributed by atoms with van der Waals surface area (Å²) in [7, 11) is 23.6. The third-order valence-corrected chi connectivity index (χ3v) is 7.69. The monoisotopic (exact) mass is 628 g/mol. The van der Waals surface area contributed by atoms with Crippen molar-refractivity contribution < 1.29 is 40.9 Å². The first kappa shape index (κ1) is 34.2. The lowest BCUT2D eigenvalue weighted by molar-refractivity contribution is -0.214. The lowest BCUT2D eigenvalue weighted by Crippen LogP contribution is -2.83. The van der Waals surface area contributed by atoms with Crippen LogP contribution in [0, 0.1) is 12.3 Å². The molecule has 0 bridgehead atoms. The van der Waals surface area contributed by atoms with E-state index in [0.717, 1.165) is 13.8 Å². The minimum absolute atomic E-state index is 0.0630. The van der Waals surface area contributed by atoms with Gasteiger partial charge in [0.15, 0.2) is 11.3 Å². The lowest BCUT2D eigenvalue weighted by Gasteiger charge is -2.58. The van der Waals surface area contributed by atoms with Gasteiger partial charge in [0.2, 0.25) is 0 Å².